The van der Waals surface area contributed by atoms with Crippen LogP contribution in [0.4, 0.5) is 0 Å². The minimum absolute atomic E-state index is 0.0489. The molecule has 0 aliphatic heterocycles. The van der Waals surface area contributed by atoms with Gasteiger partial charge in [0.25, 0.3) is 0 Å². The van der Waals surface area contributed by atoms with Crippen LogP contribution in [0.2, 0.25) is 0 Å². The van der Waals surface area contributed by atoms with Gasteiger partial charge >= 0.3 is 5.97 Å². The topological polar surface area (TPSA) is 63.6 Å². The van der Waals surface area contributed by atoms with E-state index in [2.05, 4.69) is 27.7 Å². The standard InChI is InChI=1S/C28H42O4/c1-6-19-23-16-18(29)12-14-28(23,5)22-13-15-27(4)20(9-10-21(27)25(22)26(19)31)17(3)8-11-24(30)32-7-2/h8,11,16-17,19-22,25-26,31H,6-7,9-10,12-15H2,1-5H3/b11-8+/t17-,19+,20?,21?,22?,25?,26-,27-,28-/m1/s1. The second kappa shape index (κ2) is 8.74. The Hall–Kier alpha value is -1.42. The molecule has 0 amide bonds. The lowest BCUT2D eigenvalue weighted by atomic mass is 9.43. The van der Waals surface area contributed by atoms with Crippen LogP contribution in [0.5, 0.6) is 0 Å². The van der Waals surface area contributed by atoms with E-state index in [-0.39, 0.29) is 34.6 Å². The Kier molecular flexibility index (Phi) is 6.48. The van der Waals surface area contributed by atoms with Crippen LogP contribution in [-0.4, -0.2) is 29.6 Å². The van der Waals surface area contributed by atoms with Crippen LogP contribution in [0.1, 0.15) is 79.6 Å². The van der Waals surface area contributed by atoms with Crippen molar-refractivity contribution in [3.8, 4) is 0 Å². The fourth-order valence-electron chi connectivity index (χ4n) is 8.65. The number of esters is 1. The third kappa shape index (κ3) is 3.61. The van der Waals surface area contributed by atoms with E-state index < -0.39 is 0 Å². The highest BCUT2D eigenvalue weighted by atomic mass is 16.5. The lowest BCUT2D eigenvalue weighted by Gasteiger charge is -2.61. The summed E-state index contributed by atoms with van der Waals surface area (Å²) in [6.07, 6.45) is 12.3. The number of aliphatic hydroxyl groups is 1. The molecule has 0 spiro atoms. The second-order valence-corrected chi connectivity index (χ2v) is 11.5. The molecule has 4 aliphatic carbocycles. The lowest BCUT2D eigenvalue weighted by Crippen LogP contribution is -2.58. The first-order chi connectivity index (χ1) is 15.2. The third-order valence-electron chi connectivity index (χ3n) is 10.2. The first kappa shape index (κ1) is 23.7. The number of rotatable bonds is 5. The molecule has 3 fully saturated rings. The van der Waals surface area contributed by atoms with Crippen molar-refractivity contribution in [2.45, 2.75) is 85.7 Å². The minimum Gasteiger partial charge on any atom is -0.463 e. The molecule has 32 heavy (non-hydrogen) atoms. The Bertz CT molecular complexity index is 812. The molecule has 0 heterocycles. The molecule has 0 aromatic heterocycles. The molecule has 0 aromatic rings. The lowest BCUT2D eigenvalue weighted by molar-refractivity contribution is -0.137. The molecule has 9 atom stereocenters. The van der Waals surface area contributed by atoms with E-state index in [0.29, 0.717) is 42.6 Å². The molecule has 178 valence electrons. The predicted octanol–water partition coefficient (Wildman–Crippen LogP) is 5.50. The van der Waals surface area contributed by atoms with E-state index in [1.165, 1.54) is 12.0 Å². The number of carbonyl (C=O) groups excluding carboxylic acids is 2. The largest absolute Gasteiger partial charge is 0.463 e. The van der Waals surface area contributed by atoms with Gasteiger partial charge in [0.05, 0.1) is 12.7 Å². The third-order valence-corrected chi connectivity index (χ3v) is 10.2. The molecule has 3 saturated carbocycles. The van der Waals surface area contributed by atoms with Crippen LogP contribution in [0, 0.1) is 46.3 Å². The van der Waals surface area contributed by atoms with Crippen molar-refractivity contribution >= 4 is 11.8 Å². The Balaban J connectivity index is 1.62. The molecule has 1 N–H and O–H groups in total. The summed E-state index contributed by atoms with van der Waals surface area (Å²) in [7, 11) is 0. The molecule has 0 bridgehead atoms. The first-order valence-electron chi connectivity index (χ1n) is 12.9. The predicted molar refractivity (Wildman–Crippen MR) is 126 cm³/mol. The van der Waals surface area contributed by atoms with E-state index in [1.807, 2.05) is 19.1 Å². The van der Waals surface area contributed by atoms with Crippen molar-refractivity contribution in [3.05, 3.63) is 23.8 Å². The van der Waals surface area contributed by atoms with Gasteiger partial charge in [-0.15, -0.1) is 0 Å². The molecule has 4 heteroatoms. The van der Waals surface area contributed by atoms with Crippen LogP contribution < -0.4 is 0 Å². The molecule has 0 aromatic carbocycles. The maximum absolute atomic E-state index is 12.3. The van der Waals surface area contributed by atoms with E-state index in [4.69, 9.17) is 4.74 Å². The van der Waals surface area contributed by atoms with Gasteiger partial charge in [-0.1, -0.05) is 39.3 Å². The maximum atomic E-state index is 12.3. The highest BCUT2D eigenvalue weighted by Crippen LogP contribution is 2.68. The summed E-state index contributed by atoms with van der Waals surface area (Å²) in [5.41, 5.74) is 1.47. The minimum atomic E-state index is -0.357. The molecule has 4 aliphatic rings. The number of ether oxygens (including phenoxy) is 1. The molecule has 0 saturated heterocycles. The molecular formula is C28H42O4. The summed E-state index contributed by atoms with van der Waals surface area (Å²) in [6.45, 7) is 11.5. The van der Waals surface area contributed by atoms with Gasteiger partial charge in [0.15, 0.2) is 5.78 Å². The van der Waals surface area contributed by atoms with Crippen molar-refractivity contribution in [1.82, 2.24) is 0 Å². The molecule has 4 nitrogen and oxygen atoms in total. The van der Waals surface area contributed by atoms with Gasteiger partial charge in [-0.3, -0.25) is 4.79 Å². The van der Waals surface area contributed by atoms with Gasteiger partial charge < -0.3 is 9.84 Å². The van der Waals surface area contributed by atoms with E-state index in [0.717, 1.165) is 32.1 Å². The highest BCUT2D eigenvalue weighted by Gasteiger charge is 2.63. The number of hydrogen-bond acceptors (Lipinski definition) is 4. The fourth-order valence-corrected chi connectivity index (χ4v) is 8.65. The number of ketones is 1. The fraction of sp³-hybridized carbons (Fsp3) is 0.786. The molecule has 4 rings (SSSR count). The average Bonchev–Trinajstić information content (AvgIpc) is 3.11. The normalized spacial score (nSPS) is 44.4. The monoisotopic (exact) mass is 442 g/mol. The average molecular weight is 443 g/mol. The summed E-state index contributed by atoms with van der Waals surface area (Å²) in [5, 5.41) is 11.7. The number of aliphatic hydroxyl groups excluding tert-OH is 1. The smallest absolute Gasteiger partial charge is 0.330 e. The van der Waals surface area contributed by atoms with Crippen LogP contribution >= 0.6 is 0 Å². The van der Waals surface area contributed by atoms with Gasteiger partial charge in [0.1, 0.15) is 0 Å². The SMILES string of the molecule is CCOC(=O)/C=C/[C@@H](C)C1CCC2C3C(CC[C@@]21C)[C@@]1(C)CCC(=O)C=C1[C@H](CC)[C@H]3O. The number of hydrogen-bond donors (Lipinski definition) is 1. The second-order valence-electron chi connectivity index (χ2n) is 11.5. The van der Waals surface area contributed by atoms with Crippen molar-refractivity contribution in [1.29, 1.82) is 0 Å². The summed E-state index contributed by atoms with van der Waals surface area (Å²) in [5.74, 6) is 2.19. The van der Waals surface area contributed by atoms with E-state index in [9.17, 15) is 14.7 Å². The van der Waals surface area contributed by atoms with Crippen molar-refractivity contribution in [3.63, 3.8) is 0 Å². The summed E-state index contributed by atoms with van der Waals surface area (Å²) >= 11 is 0. The van der Waals surface area contributed by atoms with Crippen LogP contribution in [-0.2, 0) is 14.3 Å². The van der Waals surface area contributed by atoms with Crippen molar-refractivity contribution in [2.24, 2.45) is 46.3 Å². The van der Waals surface area contributed by atoms with Crippen LogP contribution in [0.3, 0.4) is 0 Å². The van der Waals surface area contributed by atoms with Gasteiger partial charge in [-0.05, 0) is 91.9 Å². The Morgan fingerprint density at radius 2 is 1.97 bits per heavy atom. The Labute approximate surface area is 193 Å². The quantitative estimate of drug-likeness (QED) is 0.451. The number of allylic oxidation sites excluding steroid dienone is 1. The summed E-state index contributed by atoms with van der Waals surface area (Å²) in [4.78, 5) is 24.1. The zero-order chi connectivity index (χ0) is 23.3. The zero-order valence-corrected chi connectivity index (χ0v) is 20.6. The highest BCUT2D eigenvalue weighted by molar-refractivity contribution is 5.91. The van der Waals surface area contributed by atoms with Gasteiger partial charge in [-0.2, -0.15) is 0 Å². The zero-order valence-electron chi connectivity index (χ0n) is 20.6. The summed E-state index contributed by atoms with van der Waals surface area (Å²) < 4.78 is 5.08. The van der Waals surface area contributed by atoms with E-state index >= 15 is 0 Å². The van der Waals surface area contributed by atoms with Crippen LogP contribution in [0.25, 0.3) is 0 Å². The first-order valence-corrected chi connectivity index (χ1v) is 12.9. The van der Waals surface area contributed by atoms with E-state index in [1.54, 1.807) is 6.08 Å². The van der Waals surface area contributed by atoms with Gasteiger partial charge in [-0.25, -0.2) is 4.79 Å². The molecular weight excluding hydrogens is 400 g/mol. The van der Waals surface area contributed by atoms with Crippen molar-refractivity contribution in [2.75, 3.05) is 6.61 Å². The molecule has 4 unspecified atom stereocenters. The number of carbonyl (C=O) groups is 2. The Morgan fingerprint density at radius 1 is 1.22 bits per heavy atom. The Morgan fingerprint density at radius 3 is 2.66 bits per heavy atom. The van der Waals surface area contributed by atoms with Gasteiger partial charge in [0, 0.05) is 18.4 Å². The van der Waals surface area contributed by atoms with Crippen molar-refractivity contribution < 1.29 is 19.4 Å². The molecule has 0 radical (unpaired) electrons. The van der Waals surface area contributed by atoms with Gasteiger partial charge in [0.2, 0.25) is 0 Å². The van der Waals surface area contributed by atoms with Crippen LogP contribution in [0.15, 0.2) is 23.8 Å². The number of fused-ring (bicyclic) bond motifs is 5. The maximum Gasteiger partial charge on any atom is 0.330 e. The summed E-state index contributed by atoms with van der Waals surface area (Å²) in [6, 6.07) is 0.